The molecule has 2 unspecified atom stereocenters. The molecule has 4 rings (SSSR count). The third kappa shape index (κ3) is 3.24. The summed E-state index contributed by atoms with van der Waals surface area (Å²) in [6.07, 6.45) is 9.67. The van der Waals surface area contributed by atoms with Crippen molar-refractivity contribution in [1.29, 1.82) is 0 Å². The van der Waals surface area contributed by atoms with Gasteiger partial charge in [-0.05, 0) is 52.0 Å². The molecular weight excluding hydrogens is 314 g/mol. The van der Waals surface area contributed by atoms with E-state index in [1.165, 1.54) is 32.1 Å². The van der Waals surface area contributed by atoms with Crippen LogP contribution < -0.4 is 0 Å². The molecule has 142 valence electrons. The summed E-state index contributed by atoms with van der Waals surface area (Å²) in [7, 11) is 4.05. The Morgan fingerprint density at radius 3 is 2.20 bits per heavy atom. The van der Waals surface area contributed by atoms with Crippen LogP contribution in [0.5, 0.6) is 0 Å². The van der Waals surface area contributed by atoms with Crippen molar-refractivity contribution >= 4 is 5.91 Å². The monoisotopic (exact) mass is 349 g/mol. The minimum absolute atomic E-state index is 0.0924. The molecule has 1 saturated carbocycles. The van der Waals surface area contributed by atoms with Gasteiger partial charge in [-0.2, -0.15) is 0 Å². The van der Waals surface area contributed by atoms with E-state index in [0.29, 0.717) is 12.5 Å². The molecule has 0 aromatic heterocycles. The quantitative estimate of drug-likeness (QED) is 0.760. The van der Waals surface area contributed by atoms with E-state index in [0.717, 1.165) is 63.6 Å². The molecule has 2 bridgehead atoms. The van der Waals surface area contributed by atoms with Crippen molar-refractivity contribution in [2.75, 3.05) is 46.9 Å². The summed E-state index contributed by atoms with van der Waals surface area (Å²) in [6.45, 7) is 4.70. The van der Waals surface area contributed by atoms with E-state index in [1.54, 1.807) is 7.11 Å². The number of rotatable bonds is 5. The predicted molar refractivity (Wildman–Crippen MR) is 98.5 cm³/mol. The van der Waals surface area contributed by atoms with Crippen molar-refractivity contribution in [3.63, 3.8) is 0 Å². The zero-order valence-electron chi connectivity index (χ0n) is 16.1. The number of amides is 1. The highest BCUT2D eigenvalue weighted by atomic mass is 16.5. The first kappa shape index (κ1) is 17.7. The summed E-state index contributed by atoms with van der Waals surface area (Å²) in [6, 6.07) is 2.35. The highest BCUT2D eigenvalue weighted by Gasteiger charge is 2.47. The Bertz CT molecular complexity index is 471. The van der Waals surface area contributed by atoms with Gasteiger partial charge in [0.15, 0.2) is 0 Å². The Morgan fingerprint density at radius 2 is 1.68 bits per heavy atom. The fourth-order valence-corrected chi connectivity index (χ4v) is 5.78. The van der Waals surface area contributed by atoms with Gasteiger partial charge in [-0.3, -0.25) is 9.69 Å². The van der Waals surface area contributed by atoms with E-state index in [4.69, 9.17) is 4.74 Å². The van der Waals surface area contributed by atoms with Gasteiger partial charge in [0.05, 0.1) is 5.41 Å². The Hall–Kier alpha value is -0.650. The maximum absolute atomic E-state index is 13.1. The largest absolute Gasteiger partial charge is 0.385 e. The van der Waals surface area contributed by atoms with Crippen molar-refractivity contribution in [2.45, 2.75) is 69.5 Å². The predicted octanol–water partition coefficient (Wildman–Crippen LogP) is 1.96. The second-order valence-corrected chi connectivity index (χ2v) is 8.88. The van der Waals surface area contributed by atoms with Crippen molar-refractivity contribution < 1.29 is 9.53 Å². The zero-order chi connectivity index (χ0) is 17.4. The van der Waals surface area contributed by atoms with Crippen LogP contribution >= 0.6 is 0 Å². The molecule has 3 saturated heterocycles. The number of carbonyl (C=O) groups excluding carboxylic acids is 1. The second-order valence-electron chi connectivity index (χ2n) is 8.88. The number of piperazine rings is 1. The van der Waals surface area contributed by atoms with Crippen LogP contribution in [0.3, 0.4) is 0 Å². The molecule has 4 fully saturated rings. The maximum Gasteiger partial charge on any atom is 0.228 e. The van der Waals surface area contributed by atoms with Crippen LogP contribution in [-0.4, -0.2) is 85.7 Å². The fourth-order valence-electron chi connectivity index (χ4n) is 5.78. The van der Waals surface area contributed by atoms with E-state index < -0.39 is 0 Å². The summed E-state index contributed by atoms with van der Waals surface area (Å²) < 4.78 is 5.26. The van der Waals surface area contributed by atoms with Crippen molar-refractivity contribution in [3.05, 3.63) is 0 Å². The lowest BCUT2D eigenvalue weighted by Crippen LogP contribution is -2.58. The Balaban J connectivity index is 1.30. The standard InChI is InChI=1S/C20H35N3O2/c1-21-16-4-5-17(21)15-18(14-16)22-9-11-23(12-10-22)19(24)20(6-3-7-20)8-13-25-2/h16-18H,3-15H2,1-2H3. The van der Waals surface area contributed by atoms with E-state index in [9.17, 15) is 4.79 Å². The van der Waals surface area contributed by atoms with Crippen molar-refractivity contribution in [3.8, 4) is 0 Å². The summed E-state index contributed by atoms with van der Waals surface area (Å²) in [5.74, 6) is 0.416. The minimum atomic E-state index is -0.0924. The van der Waals surface area contributed by atoms with Gasteiger partial charge in [0, 0.05) is 58.0 Å². The van der Waals surface area contributed by atoms with Crippen LogP contribution in [0.2, 0.25) is 0 Å². The van der Waals surface area contributed by atoms with Crippen LogP contribution in [0.15, 0.2) is 0 Å². The lowest BCUT2D eigenvalue weighted by molar-refractivity contribution is -0.151. The molecule has 0 aromatic rings. The number of piperidine rings is 1. The number of hydrogen-bond acceptors (Lipinski definition) is 4. The van der Waals surface area contributed by atoms with Gasteiger partial charge in [0.2, 0.25) is 5.91 Å². The summed E-state index contributed by atoms with van der Waals surface area (Å²) in [4.78, 5) is 20.6. The van der Waals surface area contributed by atoms with Crippen LogP contribution in [0.4, 0.5) is 0 Å². The zero-order valence-corrected chi connectivity index (χ0v) is 16.1. The molecule has 3 aliphatic heterocycles. The Labute approximate surface area is 152 Å². The molecule has 1 amide bonds. The average Bonchev–Trinajstić information content (AvgIpc) is 2.82. The maximum atomic E-state index is 13.1. The van der Waals surface area contributed by atoms with E-state index in [1.807, 2.05) is 0 Å². The van der Waals surface area contributed by atoms with Crippen molar-refractivity contribution in [1.82, 2.24) is 14.7 Å². The van der Waals surface area contributed by atoms with Gasteiger partial charge in [0.1, 0.15) is 0 Å². The first-order valence-corrected chi connectivity index (χ1v) is 10.4. The number of nitrogens with zero attached hydrogens (tertiary/aromatic N) is 3. The molecule has 0 aromatic carbocycles. The number of hydrogen-bond donors (Lipinski definition) is 0. The molecule has 1 aliphatic carbocycles. The smallest absolute Gasteiger partial charge is 0.228 e. The molecule has 0 N–H and O–H groups in total. The van der Waals surface area contributed by atoms with E-state index in [-0.39, 0.29) is 5.41 Å². The normalized spacial score (nSPS) is 35.6. The first-order valence-electron chi connectivity index (χ1n) is 10.4. The molecule has 2 atom stereocenters. The second kappa shape index (κ2) is 7.16. The summed E-state index contributed by atoms with van der Waals surface area (Å²) in [5, 5.41) is 0. The lowest BCUT2D eigenvalue weighted by Gasteiger charge is -2.48. The van der Waals surface area contributed by atoms with Gasteiger partial charge in [-0.15, -0.1) is 0 Å². The van der Waals surface area contributed by atoms with Crippen LogP contribution in [0.25, 0.3) is 0 Å². The molecule has 3 heterocycles. The van der Waals surface area contributed by atoms with E-state index in [2.05, 4.69) is 21.7 Å². The van der Waals surface area contributed by atoms with Gasteiger partial charge < -0.3 is 14.5 Å². The number of ether oxygens (including phenoxy) is 1. The SMILES string of the molecule is COCCC1(C(=O)N2CCN(C3CC4CCC(C3)N4C)CC2)CCC1. The molecular formula is C20H35N3O2. The molecule has 5 nitrogen and oxygen atoms in total. The highest BCUT2D eigenvalue weighted by Crippen LogP contribution is 2.45. The van der Waals surface area contributed by atoms with Crippen LogP contribution in [-0.2, 0) is 9.53 Å². The summed E-state index contributed by atoms with van der Waals surface area (Å²) >= 11 is 0. The highest BCUT2D eigenvalue weighted by molar-refractivity contribution is 5.83. The van der Waals surface area contributed by atoms with Crippen LogP contribution in [0, 0.1) is 5.41 Å². The number of carbonyl (C=O) groups is 1. The number of fused-ring (bicyclic) bond motifs is 2. The van der Waals surface area contributed by atoms with Crippen molar-refractivity contribution in [2.24, 2.45) is 5.41 Å². The third-order valence-electron chi connectivity index (χ3n) is 7.74. The van der Waals surface area contributed by atoms with Gasteiger partial charge in [-0.25, -0.2) is 0 Å². The van der Waals surface area contributed by atoms with Gasteiger partial charge >= 0.3 is 0 Å². The van der Waals surface area contributed by atoms with Gasteiger partial charge in [-0.1, -0.05) is 6.42 Å². The fraction of sp³-hybridized carbons (Fsp3) is 0.950. The summed E-state index contributed by atoms with van der Waals surface area (Å²) in [5.41, 5.74) is -0.0924. The molecule has 0 spiro atoms. The van der Waals surface area contributed by atoms with E-state index >= 15 is 0 Å². The Morgan fingerprint density at radius 1 is 1.04 bits per heavy atom. The number of methoxy groups -OCH3 is 1. The topological polar surface area (TPSA) is 36.0 Å². The molecule has 4 aliphatic rings. The molecule has 5 heteroatoms. The minimum Gasteiger partial charge on any atom is -0.385 e. The lowest BCUT2D eigenvalue weighted by atomic mass is 9.65. The Kier molecular flexibility index (Phi) is 5.09. The first-order chi connectivity index (χ1) is 12.1. The third-order valence-corrected chi connectivity index (χ3v) is 7.74. The average molecular weight is 350 g/mol. The molecule has 0 radical (unpaired) electrons. The van der Waals surface area contributed by atoms with Gasteiger partial charge in [0.25, 0.3) is 0 Å². The molecule has 25 heavy (non-hydrogen) atoms. The van der Waals surface area contributed by atoms with Crippen LogP contribution in [0.1, 0.15) is 51.4 Å².